The number of rotatable bonds is 7. The fourth-order valence-corrected chi connectivity index (χ4v) is 3.11. The third-order valence-electron chi connectivity index (χ3n) is 4.21. The van der Waals surface area contributed by atoms with E-state index in [9.17, 15) is 4.79 Å². The average molecular weight is 356 g/mol. The molecule has 0 aliphatic carbocycles. The molecule has 3 rings (SSSR count). The molecule has 1 amide bonds. The Morgan fingerprint density at radius 2 is 2.00 bits per heavy atom. The molecule has 0 saturated carbocycles. The van der Waals surface area contributed by atoms with Crippen LogP contribution >= 0.6 is 11.6 Å². The minimum atomic E-state index is -0.144. The zero-order valence-corrected chi connectivity index (χ0v) is 15.1. The molecule has 0 saturated heterocycles. The molecule has 1 heterocycles. The van der Waals surface area contributed by atoms with Crippen LogP contribution in [0.2, 0.25) is 5.02 Å². The topological polar surface area (TPSA) is 46.9 Å². The molecule has 3 aromatic rings. The van der Waals surface area contributed by atoms with Crippen molar-refractivity contribution in [3.8, 4) is 0 Å². The third-order valence-corrected chi connectivity index (χ3v) is 4.45. The zero-order valence-electron chi connectivity index (χ0n) is 14.3. The van der Waals surface area contributed by atoms with Crippen molar-refractivity contribution in [2.45, 2.75) is 39.3 Å². The van der Waals surface area contributed by atoms with Gasteiger partial charge in [0.05, 0.1) is 17.6 Å². The minimum Gasteiger partial charge on any atom is -0.345 e. The summed E-state index contributed by atoms with van der Waals surface area (Å²) in [4.78, 5) is 17.0. The van der Waals surface area contributed by atoms with Gasteiger partial charge in [-0.25, -0.2) is 4.98 Å². The second-order valence-electron chi connectivity index (χ2n) is 6.07. The van der Waals surface area contributed by atoms with Gasteiger partial charge in [0.1, 0.15) is 5.82 Å². The number of aryl methyl sites for hydroxylation is 1. The molecule has 1 aromatic heterocycles. The summed E-state index contributed by atoms with van der Waals surface area (Å²) in [6.45, 7) is 3.50. The Morgan fingerprint density at radius 3 is 2.80 bits per heavy atom. The molecule has 0 bridgehead atoms. The Morgan fingerprint density at radius 1 is 1.16 bits per heavy atom. The molecular weight excluding hydrogens is 334 g/mol. The van der Waals surface area contributed by atoms with Crippen molar-refractivity contribution < 1.29 is 4.79 Å². The molecule has 2 aromatic carbocycles. The molecule has 5 heteroatoms. The molecular formula is C20H22ClN3O. The number of benzene rings is 2. The average Bonchev–Trinajstić information content (AvgIpc) is 2.98. The van der Waals surface area contributed by atoms with E-state index in [4.69, 9.17) is 16.6 Å². The van der Waals surface area contributed by atoms with E-state index in [0.717, 1.165) is 29.8 Å². The lowest BCUT2D eigenvalue weighted by Gasteiger charge is -2.10. The number of carbonyl (C=O) groups excluding carboxylic acids is 1. The number of hydrogen-bond acceptors (Lipinski definition) is 2. The number of aromatic nitrogens is 2. The molecule has 0 fully saturated rings. The lowest BCUT2D eigenvalue weighted by Crippen LogP contribution is -2.24. The maximum atomic E-state index is 12.4. The van der Waals surface area contributed by atoms with E-state index in [1.807, 2.05) is 18.2 Å². The summed E-state index contributed by atoms with van der Waals surface area (Å²) in [5, 5.41) is 3.51. The first-order chi connectivity index (χ1) is 12.2. The van der Waals surface area contributed by atoms with E-state index >= 15 is 0 Å². The number of para-hydroxylation sites is 2. The molecule has 130 valence electrons. The molecule has 1 N–H and O–H groups in total. The van der Waals surface area contributed by atoms with Gasteiger partial charge in [-0.05, 0) is 36.8 Å². The second-order valence-corrected chi connectivity index (χ2v) is 6.50. The summed E-state index contributed by atoms with van der Waals surface area (Å²) in [7, 11) is 0. The van der Waals surface area contributed by atoms with Crippen molar-refractivity contribution in [2.24, 2.45) is 0 Å². The number of carbonyl (C=O) groups is 1. The number of unbranched alkanes of at least 4 members (excludes halogenated alkanes) is 2. The first-order valence-corrected chi connectivity index (χ1v) is 9.04. The number of nitrogens with zero attached hydrogens (tertiary/aromatic N) is 2. The summed E-state index contributed by atoms with van der Waals surface area (Å²) in [5.74, 6) is 0.738. The van der Waals surface area contributed by atoms with Gasteiger partial charge < -0.3 is 9.88 Å². The summed E-state index contributed by atoms with van der Waals surface area (Å²) in [6.07, 6.45) is 3.46. The van der Waals surface area contributed by atoms with Gasteiger partial charge >= 0.3 is 0 Å². The van der Waals surface area contributed by atoms with Gasteiger partial charge in [0.15, 0.2) is 0 Å². The van der Waals surface area contributed by atoms with Crippen LogP contribution < -0.4 is 5.32 Å². The third kappa shape index (κ3) is 4.20. The van der Waals surface area contributed by atoms with Crippen LogP contribution in [0.4, 0.5) is 0 Å². The number of imidazole rings is 1. The van der Waals surface area contributed by atoms with Crippen LogP contribution in [0.1, 0.15) is 42.4 Å². The van der Waals surface area contributed by atoms with Crippen LogP contribution in [0.25, 0.3) is 11.0 Å². The largest absolute Gasteiger partial charge is 0.345 e. The highest BCUT2D eigenvalue weighted by Crippen LogP contribution is 2.17. The fourth-order valence-electron chi connectivity index (χ4n) is 2.92. The lowest BCUT2D eigenvalue weighted by atomic mass is 10.2. The zero-order chi connectivity index (χ0) is 17.6. The van der Waals surface area contributed by atoms with E-state index in [2.05, 4.69) is 22.9 Å². The smallest absolute Gasteiger partial charge is 0.251 e. The van der Waals surface area contributed by atoms with Gasteiger partial charge in [-0.15, -0.1) is 0 Å². The molecule has 4 nitrogen and oxygen atoms in total. The van der Waals surface area contributed by atoms with Gasteiger partial charge in [0, 0.05) is 17.1 Å². The van der Waals surface area contributed by atoms with Gasteiger partial charge in [-0.2, -0.15) is 0 Å². The van der Waals surface area contributed by atoms with Gasteiger partial charge in [0.2, 0.25) is 0 Å². The summed E-state index contributed by atoms with van der Waals surface area (Å²) >= 11 is 5.96. The highest BCUT2D eigenvalue weighted by atomic mass is 35.5. The van der Waals surface area contributed by atoms with Crippen LogP contribution in [-0.4, -0.2) is 15.5 Å². The molecule has 25 heavy (non-hydrogen) atoms. The highest BCUT2D eigenvalue weighted by molar-refractivity contribution is 6.30. The van der Waals surface area contributed by atoms with Gasteiger partial charge in [0.25, 0.3) is 5.91 Å². The maximum Gasteiger partial charge on any atom is 0.251 e. The van der Waals surface area contributed by atoms with Crippen molar-refractivity contribution in [1.82, 2.24) is 14.9 Å². The Labute approximate surface area is 152 Å². The summed E-state index contributed by atoms with van der Waals surface area (Å²) in [5.41, 5.74) is 2.64. The number of amides is 1. The predicted octanol–water partition coefficient (Wildman–Crippen LogP) is 4.81. The van der Waals surface area contributed by atoms with E-state index in [-0.39, 0.29) is 5.91 Å². The van der Waals surface area contributed by atoms with E-state index < -0.39 is 0 Å². The number of fused-ring (bicyclic) bond motifs is 1. The summed E-state index contributed by atoms with van der Waals surface area (Å²) in [6, 6.07) is 15.1. The molecule has 0 atom stereocenters. The predicted molar refractivity (Wildman–Crippen MR) is 102 cm³/mol. The van der Waals surface area contributed by atoms with E-state index in [1.54, 1.807) is 24.3 Å². The quantitative estimate of drug-likeness (QED) is 0.618. The Bertz CT molecular complexity index is 872. The van der Waals surface area contributed by atoms with Gasteiger partial charge in [-0.1, -0.05) is 49.6 Å². The number of hydrogen-bond donors (Lipinski definition) is 1. The summed E-state index contributed by atoms with van der Waals surface area (Å²) < 4.78 is 2.21. The van der Waals surface area contributed by atoms with Crippen molar-refractivity contribution >= 4 is 28.5 Å². The Hall–Kier alpha value is -2.33. The van der Waals surface area contributed by atoms with Crippen LogP contribution in [0.15, 0.2) is 48.5 Å². The monoisotopic (exact) mass is 355 g/mol. The van der Waals surface area contributed by atoms with Gasteiger partial charge in [-0.3, -0.25) is 4.79 Å². The Kier molecular flexibility index (Phi) is 5.71. The van der Waals surface area contributed by atoms with Crippen LogP contribution in [0.3, 0.4) is 0 Å². The van der Waals surface area contributed by atoms with E-state index in [1.165, 1.54) is 12.8 Å². The molecule has 0 aliphatic rings. The Balaban J connectivity index is 1.78. The molecule has 0 spiro atoms. The minimum absolute atomic E-state index is 0.144. The first-order valence-electron chi connectivity index (χ1n) is 8.67. The van der Waals surface area contributed by atoms with Crippen molar-refractivity contribution in [3.05, 3.63) is 64.9 Å². The molecule has 0 radical (unpaired) electrons. The molecule has 0 unspecified atom stereocenters. The number of nitrogens with one attached hydrogen (secondary N) is 1. The van der Waals surface area contributed by atoms with Crippen LogP contribution in [-0.2, 0) is 13.1 Å². The van der Waals surface area contributed by atoms with E-state index in [0.29, 0.717) is 17.1 Å². The van der Waals surface area contributed by atoms with Crippen LogP contribution in [0, 0.1) is 0 Å². The first kappa shape index (κ1) is 17.5. The second kappa shape index (κ2) is 8.17. The van der Waals surface area contributed by atoms with Crippen molar-refractivity contribution in [3.63, 3.8) is 0 Å². The SMILES string of the molecule is CCCCCn1c(CNC(=O)c2cccc(Cl)c2)nc2ccccc21. The maximum absolute atomic E-state index is 12.4. The van der Waals surface area contributed by atoms with Crippen LogP contribution in [0.5, 0.6) is 0 Å². The van der Waals surface area contributed by atoms with Crippen molar-refractivity contribution in [2.75, 3.05) is 0 Å². The normalized spacial score (nSPS) is 11.0. The molecule has 0 aliphatic heterocycles. The van der Waals surface area contributed by atoms with Crippen molar-refractivity contribution in [1.29, 1.82) is 0 Å². The number of halogens is 1. The fraction of sp³-hybridized carbons (Fsp3) is 0.300. The highest BCUT2D eigenvalue weighted by Gasteiger charge is 2.12. The lowest BCUT2D eigenvalue weighted by molar-refractivity contribution is 0.0949. The standard InChI is InChI=1S/C20H22ClN3O/c1-2-3-6-12-24-18-11-5-4-10-17(18)23-19(24)14-22-20(25)15-8-7-9-16(21)13-15/h4-5,7-11,13H,2-3,6,12,14H2,1H3,(H,22,25).